The summed E-state index contributed by atoms with van der Waals surface area (Å²) in [5.74, 6) is -1.61. The molecule has 0 unspecified atom stereocenters. The summed E-state index contributed by atoms with van der Waals surface area (Å²) in [5.41, 5.74) is -1.25. The molecule has 12 atom stereocenters. The monoisotopic (exact) mass is 775 g/mol. The Morgan fingerprint density at radius 2 is 1.55 bits per heavy atom. The first-order valence-electron chi connectivity index (χ1n) is 20.1. The van der Waals surface area contributed by atoms with E-state index in [-0.39, 0.29) is 46.6 Å². The lowest BCUT2D eigenvalue weighted by Gasteiger charge is -2.70. The highest BCUT2D eigenvalue weighted by molar-refractivity contribution is 6.74. The van der Waals surface area contributed by atoms with Gasteiger partial charge in [0.05, 0.1) is 30.5 Å². The summed E-state index contributed by atoms with van der Waals surface area (Å²) < 4.78 is 19.7. The highest BCUT2D eigenvalue weighted by atomic mass is 28.4. The van der Waals surface area contributed by atoms with Gasteiger partial charge in [-0.1, -0.05) is 111 Å². The molecule has 2 bridgehead atoms. The van der Waals surface area contributed by atoms with Crippen molar-refractivity contribution < 1.29 is 38.8 Å². The lowest BCUT2D eigenvalue weighted by atomic mass is 9.39. The topological polar surface area (TPSA) is 135 Å². The van der Waals surface area contributed by atoms with Crippen LogP contribution in [0.4, 0.5) is 0 Å². The number of hydrogen-bond donors (Lipinski definition) is 4. The summed E-state index contributed by atoms with van der Waals surface area (Å²) >= 11 is 0. The molecule has 1 saturated heterocycles. The van der Waals surface area contributed by atoms with Gasteiger partial charge in [0.15, 0.2) is 14.4 Å². The van der Waals surface area contributed by atoms with Gasteiger partial charge in [0.1, 0.15) is 12.2 Å². The Bertz CT molecular complexity index is 1790. The molecular weight excluding hydrogens is 711 g/mol. The number of esters is 1. The summed E-state index contributed by atoms with van der Waals surface area (Å²) in [6, 6.07) is 17.3. The molecule has 4 aliphatic rings. The van der Waals surface area contributed by atoms with Crippen molar-refractivity contribution in [3.63, 3.8) is 0 Å². The molecule has 9 nitrogen and oxygen atoms in total. The van der Waals surface area contributed by atoms with Crippen LogP contribution in [0.25, 0.3) is 0 Å². The second-order valence-electron chi connectivity index (χ2n) is 19.8. The van der Waals surface area contributed by atoms with Gasteiger partial charge < -0.3 is 34.5 Å². The third-order valence-corrected chi connectivity index (χ3v) is 19.9. The molecule has 1 amide bonds. The maximum atomic E-state index is 15.0. The Morgan fingerprint density at radius 1 is 0.964 bits per heavy atom. The molecule has 1 heterocycles. The van der Waals surface area contributed by atoms with E-state index in [2.05, 4.69) is 66.9 Å². The first kappa shape index (κ1) is 41.8. The van der Waals surface area contributed by atoms with Crippen LogP contribution in [0, 0.1) is 34.0 Å². The van der Waals surface area contributed by atoms with Gasteiger partial charge in [0, 0.05) is 28.2 Å². The largest absolute Gasteiger partial charge is 0.456 e. The van der Waals surface area contributed by atoms with Crippen LogP contribution in [-0.4, -0.2) is 78.2 Å². The van der Waals surface area contributed by atoms with Crippen molar-refractivity contribution in [1.82, 2.24) is 5.32 Å². The third kappa shape index (κ3) is 6.57. The van der Waals surface area contributed by atoms with Crippen LogP contribution in [0.1, 0.15) is 104 Å². The fraction of sp³-hybridized carbons (Fsp3) is 0.644. The van der Waals surface area contributed by atoms with Crippen LogP contribution in [0.3, 0.4) is 0 Å². The van der Waals surface area contributed by atoms with Crippen LogP contribution in [0.2, 0.25) is 18.1 Å². The molecule has 302 valence electrons. The van der Waals surface area contributed by atoms with E-state index < -0.39 is 61.2 Å². The van der Waals surface area contributed by atoms with Crippen LogP contribution in [-0.2, 0) is 18.7 Å². The summed E-state index contributed by atoms with van der Waals surface area (Å²) in [4.78, 5) is 28.8. The van der Waals surface area contributed by atoms with E-state index in [0.29, 0.717) is 28.9 Å². The van der Waals surface area contributed by atoms with E-state index in [0.717, 1.165) is 6.42 Å². The average molecular weight is 776 g/mol. The standard InChI is InChI=1S/C45H65NO8Si/c1-26-23-32-43(9,25-52-32)37-28(3)45(51)24-31(27(2)33(42(45,7)8)35(47)38(48)44(26,37)10)53-40(50)36(54-55(11,12)41(4,5)6)34(29-19-15-13-16-20-29)46-39(49)30-21-17-14-18-22-30/h13-22,26,28,31-32,34-38,47-48,51H,23-25H2,1-12H3,(H,46,49)/t26-,28-,31-,32+,34-,35-,36+,37+,38-,43+,44+,45+/m0/s1. The molecular formula is C45H65NO8Si. The van der Waals surface area contributed by atoms with Gasteiger partial charge in [-0.15, -0.1) is 0 Å². The number of hydrogen-bond acceptors (Lipinski definition) is 8. The maximum Gasteiger partial charge on any atom is 0.337 e. The fourth-order valence-corrected chi connectivity index (χ4v) is 12.1. The van der Waals surface area contributed by atoms with Crippen molar-refractivity contribution >= 4 is 20.2 Å². The molecule has 55 heavy (non-hydrogen) atoms. The molecule has 0 spiro atoms. The summed E-state index contributed by atoms with van der Waals surface area (Å²) in [7, 11) is -2.70. The Labute approximate surface area is 329 Å². The second-order valence-corrected chi connectivity index (χ2v) is 24.5. The number of aliphatic hydroxyl groups excluding tert-OH is 2. The maximum absolute atomic E-state index is 15.0. The highest BCUT2D eigenvalue weighted by Crippen LogP contribution is 2.69. The van der Waals surface area contributed by atoms with E-state index in [1.54, 1.807) is 24.3 Å². The Balaban J connectivity index is 1.45. The number of carbonyl (C=O) groups excluding carboxylic acids is 2. The number of fused-ring (bicyclic) bond motifs is 5. The van der Waals surface area contributed by atoms with E-state index in [4.69, 9.17) is 13.9 Å². The number of ether oxygens (including phenoxy) is 2. The normalized spacial score (nSPS) is 36.9. The number of nitrogens with one attached hydrogen (secondary N) is 1. The van der Waals surface area contributed by atoms with Crippen LogP contribution < -0.4 is 5.32 Å². The lowest BCUT2D eigenvalue weighted by Crippen LogP contribution is -2.74. The minimum Gasteiger partial charge on any atom is -0.456 e. The molecule has 2 aromatic carbocycles. The van der Waals surface area contributed by atoms with Crippen molar-refractivity contribution in [2.45, 2.75) is 142 Å². The van der Waals surface area contributed by atoms with Gasteiger partial charge >= 0.3 is 5.97 Å². The lowest BCUT2D eigenvalue weighted by molar-refractivity contribution is -0.318. The Kier molecular flexibility index (Phi) is 10.8. The molecule has 4 N–H and O–H groups in total. The van der Waals surface area contributed by atoms with E-state index >= 15 is 4.79 Å². The van der Waals surface area contributed by atoms with Gasteiger partial charge in [0.25, 0.3) is 5.91 Å². The molecule has 0 radical (unpaired) electrons. The predicted molar refractivity (Wildman–Crippen MR) is 215 cm³/mol. The number of amides is 1. The molecule has 1 aliphatic heterocycles. The van der Waals surface area contributed by atoms with E-state index in [9.17, 15) is 20.1 Å². The van der Waals surface area contributed by atoms with Crippen molar-refractivity contribution in [3.05, 3.63) is 82.9 Å². The minimum absolute atomic E-state index is 0.0114. The van der Waals surface area contributed by atoms with Gasteiger partial charge in [-0.2, -0.15) is 0 Å². The number of rotatable bonds is 8. The van der Waals surface area contributed by atoms with Gasteiger partial charge in [-0.05, 0) is 78.1 Å². The third-order valence-electron chi connectivity index (χ3n) is 15.5. The molecule has 2 aromatic rings. The highest BCUT2D eigenvalue weighted by Gasteiger charge is 2.72. The molecule has 2 saturated carbocycles. The SMILES string of the molecule is CC1=C2[C@H](O)[C@H](O)[C@@]3(C)[C@H]([C@H](C)[C@](O)(C[C@@H]1OC(=O)[C@H](O[Si](C)(C)C(C)(C)C)[C@@H](NC(=O)c1ccccc1)c1ccccc1)C2(C)C)[C@]1(C)CO[C@@H]1C[C@@H]3C. The Hall–Kier alpha value is -2.86. The predicted octanol–water partition coefficient (Wildman–Crippen LogP) is 7.38. The van der Waals surface area contributed by atoms with E-state index in [1.807, 2.05) is 57.2 Å². The van der Waals surface area contributed by atoms with Gasteiger partial charge in [-0.3, -0.25) is 4.79 Å². The summed E-state index contributed by atoms with van der Waals surface area (Å²) in [5, 5.41) is 40.9. The van der Waals surface area contributed by atoms with Crippen molar-refractivity contribution in [3.8, 4) is 0 Å². The number of aliphatic hydroxyl groups is 3. The van der Waals surface area contributed by atoms with Gasteiger partial charge in [0.2, 0.25) is 0 Å². The van der Waals surface area contributed by atoms with Crippen LogP contribution in [0.15, 0.2) is 71.8 Å². The number of benzene rings is 2. The van der Waals surface area contributed by atoms with Gasteiger partial charge in [-0.25, -0.2) is 4.79 Å². The molecule has 3 aliphatic carbocycles. The van der Waals surface area contributed by atoms with Crippen molar-refractivity contribution in [2.24, 2.45) is 34.0 Å². The van der Waals surface area contributed by atoms with Crippen molar-refractivity contribution in [2.75, 3.05) is 6.61 Å². The molecule has 0 aromatic heterocycles. The summed E-state index contributed by atoms with van der Waals surface area (Å²) in [6.07, 6.45) is -3.79. The smallest absolute Gasteiger partial charge is 0.337 e. The first-order valence-corrected chi connectivity index (χ1v) is 23.0. The summed E-state index contributed by atoms with van der Waals surface area (Å²) in [6.45, 7) is 25.1. The van der Waals surface area contributed by atoms with E-state index in [1.165, 1.54) is 0 Å². The van der Waals surface area contributed by atoms with Crippen LogP contribution >= 0.6 is 0 Å². The van der Waals surface area contributed by atoms with Crippen LogP contribution in [0.5, 0.6) is 0 Å². The number of carbonyl (C=O) groups is 2. The average Bonchev–Trinajstić information content (AvgIpc) is 3.12. The second kappa shape index (κ2) is 14.2. The molecule has 10 heteroatoms. The minimum atomic E-state index is -2.70. The first-order chi connectivity index (χ1) is 25.4. The Morgan fingerprint density at radius 3 is 2.09 bits per heavy atom. The van der Waals surface area contributed by atoms with Crippen molar-refractivity contribution in [1.29, 1.82) is 0 Å². The zero-order valence-electron chi connectivity index (χ0n) is 35.0. The zero-order valence-corrected chi connectivity index (χ0v) is 36.0. The quantitative estimate of drug-likeness (QED) is 0.124. The fourth-order valence-electron chi connectivity index (χ4n) is 10.9. The zero-order chi connectivity index (χ0) is 40.7. The molecule has 3 fully saturated rings. The molecule has 6 rings (SSSR count).